The maximum Gasteiger partial charge on any atom is 0.169 e. The number of aliphatic hydroxyl groups is 1. The lowest BCUT2D eigenvalue weighted by Crippen LogP contribution is -2.10. The Balaban J connectivity index is 2.43. The Labute approximate surface area is 90.5 Å². The van der Waals surface area contributed by atoms with Crippen LogP contribution >= 0.6 is 11.8 Å². The van der Waals surface area contributed by atoms with E-state index in [4.69, 9.17) is 10.9 Å². The molecule has 0 saturated heterocycles. The van der Waals surface area contributed by atoms with Crippen LogP contribution in [0.1, 0.15) is 0 Å². The summed E-state index contributed by atoms with van der Waals surface area (Å²) in [5.41, 5.74) is 3.26. The van der Waals surface area contributed by atoms with Crippen molar-refractivity contribution in [2.45, 2.75) is 5.03 Å². The smallest absolute Gasteiger partial charge is 0.169 e. The van der Waals surface area contributed by atoms with Crippen molar-refractivity contribution in [3.8, 4) is 0 Å². The van der Waals surface area contributed by atoms with Gasteiger partial charge in [-0.25, -0.2) is 15.8 Å². The first kappa shape index (κ1) is 10.2. The SMILES string of the molecule is NNc1cn2ccnc2c(SCCO)n1. The molecular weight excluding hydrogens is 214 g/mol. The molecule has 2 aromatic heterocycles. The van der Waals surface area contributed by atoms with Crippen molar-refractivity contribution in [1.82, 2.24) is 14.4 Å². The zero-order valence-corrected chi connectivity index (χ0v) is 8.74. The molecule has 0 fully saturated rings. The number of aromatic nitrogens is 3. The van der Waals surface area contributed by atoms with Gasteiger partial charge in [-0.2, -0.15) is 0 Å². The van der Waals surface area contributed by atoms with Gasteiger partial charge >= 0.3 is 0 Å². The molecule has 0 amide bonds. The number of nitrogen functional groups attached to an aromatic ring is 1. The first-order valence-corrected chi connectivity index (χ1v) is 5.37. The Kier molecular flexibility index (Phi) is 3.05. The lowest BCUT2D eigenvalue weighted by atomic mass is 10.6. The van der Waals surface area contributed by atoms with Crippen LogP contribution in [0.15, 0.2) is 23.6 Å². The van der Waals surface area contributed by atoms with Crippen LogP contribution in [0.5, 0.6) is 0 Å². The van der Waals surface area contributed by atoms with Crippen molar-refractivity contribution in [2.75, 3.05) is 17.8 Å². The molecular formula is C8H11N5OS. The van der Waals surface area contributed by atoms with Crippen LogP contribution in [-0.2, 0) is 0 Å². The fourth-order valence-corrected chi connectivity index (χ4v) is 1.95. The minimum absolute atomic E-state index is 0.111. The maximum absolute atomic E-state index is 8.76. The maximum atomic E-state index is 8.76. The summed E-state index contributed by atoms with van der Waals surface area (Å²) in [6.07, 6.45) is 5.27. The Hall–Kier alpha value is -1.31. The normalized spacial score (nSPS) is 10.8. The molecule has 15 heavy (non-hydrogen) atoms. The molecule has 0 aliphatic heterocycles. The van der Waals surface area contributed by atoms with E-state index in [-0.39, 0.29) is 6.61 Å². The van der Waals surface area contributed by atoms with Crippen LogP contribution in [0, 0.1) is 0 Å². The van der Waals surface area contributed by atoms with E-state index in [1.54, 1.807) is 12.4 Å². The summed E-state index contributed by atoms with van der Waals surface area (Å²) < 4.78 is 1.84. The number of hydrogen-bond acceptors (Lipinski definition) is 6. The molecule has 0 radical (unpaired) electrons. The number of nitrogens with zero attached hydrogens (tertiary/aromatic N) is 3. The van der Waals surface area contributed by atoms with E-state index in [1.165, 1.54) is 11.8 Å². The van der Waals surface area contributed by atoms with Crippen LogP contribution < -0.4 is 11.3 Å². The zero-order valence-electron chi connectivity index (χ0n) is 7.92. The molecule has 7 heteroatoms. The van der Waals surface area contributed by atoms with E-state index in [0.717, 1.165) is 10.7 Å². The van der Waals surface area contributed by atoms with Gasteiger partial charge in [-0.15, -0.1) is 11.8 Å². The highest BCUT2D eigenvalue weighted by Gasteiger charge is 2.06. The van der Waals surface area contributed by atoms with Gasteiger partial charge in [-0.05, 0) is 0 Å². The predicted octanol–water partition coefficient (Wildman–Crippen LogP) is 0.0993. The number of fused-ring (bicyclic) bond motifs is 1. The highest BCUT2D eigenvalue weighted by molar-refractivity contribution is 7.99. The van der Waals surface area contributed by atoms with Gasteiger partial charge in [0.15, 0.2) is 11.5 Å². The van der Waals surface area contributed by atoms with Crippen LogP contribution in [0.4, 0.5) is 5.82 Å². The summed E-state index contributed by atoms with van der Waals surface area (Å²) in [4.78, 5) is 8.44. The molecule has 2 heterocycles. The van der Waals surface area contributed by atoms with Crippen molar-refractivity contribution in [3.63, 3.8) is 0 Å². The molecule has 80 valence electrons. The molecule has 6 nitrogen and oxygen atoms in total. The number of nitrogens with two attached hydrogens (primary N) is 1. The van der Waals surface area contributed by atoms with Gasteiger partial charge in [0, 0.05) is 18.1 Å². The average Bonchev–Trinajstić information content (AvgIpc) is 2.73. The third kappa shape index (κ3) is 2.04. The van der Waals surface area contributed by atoms with Crippen molar-refractivity contribution in [3.05, 3.63) is 18.6 Å². The largest absolute Gasteiger partial charge is 0.396 e. The summed E-state index contributed by atoms with van der Waals surface area (Å²) in [5.74, 6) is 6.46. The number of aliphatic hydroxyl groups excluding tert-OH is 1. The number of rotatable bonds is 4. The summed E-state index contributed by atoms with van der Waals surface area (Å²) >= 11 is 1.44. The lowest BCUT2D eigenvalue weighted by molar-refractivity contribution is 0.322. The minimum Gasteiger partial charge on any atom is -0.396 e. The molecule has 0 spiro atoms. The van der Waals surface area contributed by atoms with Gasteiger partial charge in [0.25, 0.3) is 0 Å². The molecule has 0 saturated carbocycles. The van der Waals surface area contributed by atoms with E-state index in [0.29, 0.717) is 11.6 Å². The second-order valence-corrected chi connectivity index (χ2v) is 3.89. The first-order chi connectivity index (χ1) is 7.35. The predicted molar refractivity (Wildman–Crippen MR) is 58.6 cm³/mol. The monoisotopic (exact) mass is 225 g/mol. The molecule has 0 aliphatic rings. The highest BCUT2D eigenvalue weighted by Crippen LogP contribution is 2.21. The van der Waals surface area contributed by atoms with E-state index in [9.17, 15) is 0 Å². The average molecular weight is 225 g/mol. The number of hydrazine groups is 1. The lowest BCUT2D eigenvalue weighted by Gasteiger charge is -2.05. The molecule has 2 aromatic rings. The molecule has 2 rings (SSSR count). The number of nitrogens with one attached hydrogen (secondary N) is 1. The van der Waals surface area contributed by atoms with Crippen molar-refractivity contribution >= 4 is 23.2 Å². The second-order valence-electron chi connectivity index (χ2n) is 2.81. The van der Waals surface area contributed by atoms with E-state index >= 15 is 0 Å². The number of imidazole rings is 1. The number of thioether (sulfide) groups is 1. The van der Waals surface area contributed by atoms with Crippen molar-refractivity contribution in [2.24, 2.45) is 5.84 Å². The van der Waals surface area contributed by atoms with E-state index < -0.39 is 0 Å². The zero-order chi connectivity index (χ0) is 10.7. The second kappa shape index (κ2) is 4.47. The van der Waals surface area contributed by atoms with Crippen LogP contribution in [0.2, 0.25) is 0 Å². The van der Waals surface area contributed by atoms with Gasteiger partial charge in [0.05, 0.1) is 12.8 Å². The molecule has 0 atom stereocenters. The van der Waals surface area contributed by atoms with Crippen LogP contribution in [0.25, 0.3) is 5.65 Å². The summed E-state index contributed by atoms with van der Waals surface area (Å²) in [6.45, 7) is 0.111. The molecule has 0 aromatic carbocycles. The van der Waals surface area contributed by atoms with Gasteiger partial charge in [0.1, 0.15) is 5.03 Å². The Morgan fingerprint density at radius 2 is 2.47 bits per heavy atom. The van der Waals surface area contributed by atoms with Crippen LogP contribution in [0.3, 0.4) is 0 Å². The topological polar surface area (TPSA) is 88.5 Å². The van der Waals surface area contributed by atoms with Gasteiger partial charge in [0.2, 0.25) is 0 Å². The summed E-state index contributed by atoms with van der Waals surface area (Å²) in [5, 5.41) is 9.51. The van der Waals surface area contributed by atoms with Gasteiger partial charge in [-0.3, -0.25) is 0 Å². The molecule has 0 aliphatic carbocycles. The third-order valence-corrected chi connectivity index (χ3v) is 2.76. The fourth-order valence-electron chi connectivity index (χ4n) is 1.21. The molecule has 4 N–H and O–H groups in total. The molecule has 0 bridgehead atoms. The summed E-state index contributed by atoms with van der Waals surface area (Å²) in [7, 11) is 0. The quantitative estimate of drug-likeness (QED) is 0.388. The summed E-state index contributed by atoms with van der Waals surface area (Å²) in [6, 6.07) is 0. The Bertz CT molecular complexity index is 457. The standard InChI is InChI=1S/C8H11N5OS/c9-12-6-5-13-2-1-10-7(13)8(11-6)15-4-3-14/h1-2,5,12,14H,3-4,9H2. The number of hydrogen-bond donors (Lipinski definition) is 3. The van der Waals surface area contributed by atoms with E-state index in [2.05, 4.69) is 15.4 Å². The third-order valence-electron chi connectivity index (χ3n) is 1.82. The fraction of sp³-hybridized carbons (Fsp3) is 0.250. The van der Waals surface area contributed by atoms with Crippen molar-refractivity contribution in [1.29, 1.82) is 0 Å². The molecule has 0 unspecified atom stereocenters. The van der Waals surface area contributed by atoms with Gasteiger partial charge in [-0.1, -0.05) is 0 Å². The Morgan fingerprint density at radius 1 is 1.60 bits per heavy atom. The minimum atomic E-state index is 0.111. The van der Waals surface area contributed by atoms with E-state index in [1.807, 2.05) is 10.6 Å². The Morgan fingerprint density at radius 3 is 3.20 bits per heavy atom. The van der Waals surface area contributed by atoms with Crippen LogP contribution in [-0.4, -0.2) is 31.8 Å². The first-order valence-electron chi connectivity index (χ1n) is 4.39. The van der Waals surface area contributed by atoms with Crippen molar-refractivity contribution < 1.29 is 5.11 Å². The number of anilines is 1. The van der Waals surface area contributed by atoms with Gasteiger partial charge < -0.3 is 14.9 Å². The highest BCUT2D eigenvalue weighted by atomic mass is 32.2.